The van der Waals surface area contributed by atoms with Crippen LogP contribution in [-0.2, 0) is 4.79 Å². The van der Waals surface area contributed by atoms with Crippen molar-refractivity contribution in [3.63, 3.8) is 0 Å². The molecular weight excluding hydrogens is 196 g/mol. The summed E-state index contributed by atoms with van der Waals surface area (Å²) in [6, 6.07) is 0.272. The Morgan fingerprint density at radius 2 is 2.14 bits per heavy atom. The third kappa shape index (κ3) is 8.38. The molecule has 0 rings (SSSR count). The molecule has 0 aliphatic heterocycles. The fourth-order valence-corrected chi connectivity index (χ4v) is 1.72. The Bertz CT molecular complexity index is 177. The molecular formula is C10H22N2OS. The first-order valence-electron chi connectivity index (χ1n) is 5.01. The predicted octanol–water partition coefficient (Wildman–Crippen LogP) is 1.37. The van der Waals surface area contributed by atoms with Crippen molar-refractivity contribution in [1.29, 1.82) is 0 Å². The molecule has 0 bridgehead atoms. The summed E-state index contributed by atoms with van der Waals surface area (Å²) in [4.78, 5) is 11.3. The Hall–Kier alpha value is -0.220. The topological polar surface area (TPSA) is 55.1 Å². The fraction of sp³-hybridized carbons (Fsp3) is 0.900. The molecule has 0 aromatic rings. The van der Waals surface area contributed by atoms with Gasteiger partial charge in [0, 0.05) is 17.3 Å². The fourth-order valence-electron chi connectivity index (χ4n) is 0.825. The van der Waals surface area contributed by atoms with E-state index in [0.29, 0.717) is 5.75 Å². The summed E-state index contributed by atoms with van der Waals surface area (Å²) in [6.07, 6.45) is 0.971. The van der Waals surface area contributed by atoms with E-state index in [9.17, 15) is 4.79 Å². The van der Waals surface area contributed by atoms with Gasteiger partial charge in [-0.25, -0.2) is 0 Å². The highest BCUT2D eigenvalue weighted by atomic mass is 32.2. The Morgan fingerprint density at radius 1 is 1.57 bits per heavy atom. The number of nitrogens with two attached hydrogens (primary N) is 1. The van der Waals surface area contributed by atoms with Gasteiger partial charge >= 0.3 is 0 Å². The van der Waals surface area contributed by atoms with Crippen LogP contribution in [0.3, 0.4) is 0 Å². The lowest BCUT2D eigenvalue weighted by atomic mass is 10.1. The Labute approximate surface area is 91.2 Å². The Kier molecular flexibility index (Phi) is 6.20. The van der Waals surface area contributed by atoms with Gasteiger partial charge in [-0.05, 0) is 27.2 Å². The molecule has 0 fully saturated rings. The third-order valence-electron chi connectivity index (χ3n) is 1.73. The molecule has 84 valence electrons. The van der Waals surface area contributed by atoms with Gasteiger partial charge in [-0.3, -0.25) is 4.79 Å². The molecule has 4 heteroatoms. The van der Waals surface area contributed by atoms with Crippen LogP contribution in [0.25, 0.3) is 0 Å². The Balaban J connectivity index is 3.55. The number of carbonyl (C=O) groups is 1. The van der Waals surface area contributed by atoms with Gasteiger partial charge in [-0.1, -0.05) is 6.92 Å². The molecule has 14 heavy (non-hydrogen) atoms. The summed E-state index contributed by atoms with van der Waals surface area (Å²) in [5, 5.41) is 2.92. The van der Waals surface area contributed by atoms with E-state index in [-0.39, 0.29) is 17.5 Å². The number of carbonyl (C=O) groups excluding carboxylic acids is 1. The molecule has 1 amide bonds. The van der Waals surface area contributed by atoms with Crippen LogP contribution in [0.15, 0.2) is 0 Å². The maximum Gasteiger partial charge on any atom is 0.230 e. The minimum Gasteiger partial charge on any atom is -0.353 e. The van der Waals surface area contributed by atoms with Crippen molar-refractivity contribution < 1.29 is 4.79 Å². The van der Waals surface area contributed by atoms with Crippen LogP contribution >= 0.6 is 11.8 Å². The van der Waals surface area contributed by atoms with Crippen molar-refractivity contribution in [2.75, 3.05) is 11.5 Å². The first kappa shape index (κ1) is 13.8. The Morgan fingerprint density at radius 3 is 2.57 bits per heavy atom. The molecule has 0 aromatic heterocycles. The molecule has 0 radical (unpaired) electrons. The van der Waals surface area contributed by atoms with E-state index >= 15 is 0 Å². The van der Waals surface area contributed by atoms with E-state index in [1.165, 1.54) is 0 Å². The second-order valence-corrected chi connectivity index (χ2v) is 5.34. The molecule has 0 saturated carbocycles. The second kappa shape index (κ2) is 6.30. The maximum atomic E-state index is 11.3. The lowest BCUT2D eigenvalue weighted by Gasteiger charge is -2.17. The van der Waals surface area contributed by atoms with Crippen LogP contribution in [0.5, 0.6) is 0 Å². The number of thioether (sulfide) groups is 1. The second-order valence-electron chi connectivity index (χ2n) is 4.36. The normalized spacial score (nSPS) is 13.8. The molecule has 0 saturated heterocycles. The van der Waals surface area contributed by atoms with Gasteiger partial charge in [0.15, 0.2) is 0 Å². The number of amides is 1. The molecule has 3 N–H and O–H groups in total. The quantitative estimate of drug-likeness (QED) is 0.708. The third-order valence-corrected chi connectivity index (χ3v) is 3.14. The number of hydrogen-bond donors (Lipinski definition) is 2. The van der Waals surface area contributed by atoms with Gasteiger partial charge in [0.05, 0.1) is 5.75 Å². The van der Waals surface area contributed by atoms with Gasteiger partial charge in [0.1, 0.15) is 0 Å². The van der Waals surface area contributed by atoms with E-state index in [4.69, 9.17) is 5.73 Å². The van der Waals surface area contributed by atoms with Gasteiger partial charge in [-0.2, -0.15) is 11.8 Å². The molecule has 0 aliphatic rings. The highest BCUT2D eigenvalue weighted by molar-refractivity contribution is 8.00. The largest absolute Gasteiger partial charge is 0.353 e. The van der Waals surface area contributed by atoms with Crippen LogP contribution in [0, 0.1) is 0 Å². The van der Waals surface area contributed by atoms with Gasteiger partial charge in [-0.15, -0.1) is 0 Å². The van der Waals surface area contributed by atoms with Gasteiger partial charge in [0.2, 0.25) is 5.91 Å². The maximum absolute atomic E-state index is 11.3. The van der Waals surface area contributed by atoms with Crippen molar-refractivity contribution >= 4 is 17.7 Å². The molecule has 0 spiro atoms. The van der Waals surface area contributed by atoms with Crippen molar-refractivity contribution in [2.24, 2.45) is 5.73 Å². The van der Waals surface area contributed by atoms with Crippen LogP contribution in [-0.4, -0.2) is 29.0 Å². The average molecular weight is 218 g/mol. The van der Waals surface area contributed by atoms with Gasteiger partial charge < -0.3 is 11.1 Å². The zero-order chi connectivity index (χ0) is 11.2. The van der Waals surface area contributed by atoms with E-state index < -0.39 is 0 Å². The SMILES string of the molecule is CCC(C)NC(=O)CSCC(C)(C)N. The standard InChI is InChI=1S/C10H22N2OS/c1-5-8(2)12-9(13)6-14-7-10(3,4)11/h8H,5-7,11H2,1-4H3,(H,12,13). The molecule has 0 aliphatic carbocycles. The predicted molar refractivity (Wildman–Crippen MR) is 63.5 cm³/mol. The lowest BCUT2D eigenvalue weighted by Crippen LogP contribution is -2.37. The van der Waals surface area contributed by atoms with Crippen molar-refractivity contribution in [3.8, 4) is 0 Å². The minimum atomic E-state index is -0.193. The van der Waals surface area contributed by atoms with Crippen LogP contribution < -0.4 is 11.1 Å². The summed E-state index contributed by atoms with van der Waals surface area (Å²) < 4.78 is 0. The highest BCUT2D eigenvalue weighted by Crippen LogP contribution is 2.09. The molecule has 1 atom stereocenters. The average Bonchev–Trinajstić information content (AvgIpc) is 2.01. The van der Waals surface area contributed by atoms with Crippen LogP contribution in [0.1, 0.15) is 34.1 Å². The summed E-state index contributed by atoms with van der Waals surface area (Å²) in [6.45, 7) is 8.00. The molecule has 0 heterocycles. The summed E-state index contributed by atoms with van der Waals surface area (Å²) in [5.74, 6) is 1.42. The monoisotopic (exact) mass is 218 g/mol. The van der Waals surface area contributed by atoms with E-state index in [1.807, 2.05) is 20.8 Å². The van der Waals surface area contributed by atoms with E-state index in [1.54, 1.807) is 11.8 Å². The first-order chi connectivity index (χ1) is 6.35. The van der Waals surface area contributed by atoms with Gasteiger partial charge in [0.25, 0.3) is 0 Å². The lowest BCUT2D eigenvalue weighted by molar-refractivity contribution is -0.119. The number of nitrogens with one attached hydrogen (secondary N) is 1. The summed E-state index contributed by atoms with van der Waals surface area (Å²) in [5.41, 5.74) is 5.60. The number of hydrogen-bond acceptors (Lipinski definition) is 3. The summed E-state index contributed by atoms with van der Waals surface area (Å²) >= 11 is 1.58. The first-order valence-corrected chi connectivity index (χ1v) is 6.16. The van der Waals surface area contributed by atoms with Crippen LogP contribution in [0.4, 0.5) is 0 Å². The highest BCUT2D eigenvalue weighted by Gasteiger charge is 2.12. The molecule has 3 nitrogen and oxygen atoms in total. The van der Waals surface area contributed by atoms with E-state index in [0.717, 1.165) is 12.2 Å². The summed E-state index contributed by atoms with van der Waals surface area (Å²) in [7, 11) is 0. The number of rotatable bonds is 6. The van der Waals surface area contributed by atoms with Crippen molar-refractivity contribution in [3.05, 3.63) is 0 Å². The van der Waals surface area contributed by atoms with Crippen molar-refractivity contribution in [2.45, 2.75) is 45.7 Å². The van der Waals surface area contributed by atoms with Crippen LogP contribution in [0.2, 0.25) is 0 Å². The minimum absolute atomic E-state index is 0.105. The molecule has 0 aromatic carbocycles. The smallest absolute Gasteiger partial charge is 0.230 e. The zero-order valence-corrected chi connectivity index (χ0v) is 10.4. The zero-order valence-electron chi connectivity index (χ0n) is 9.59. The van der Waals surface area contributed by atoms with E-state index in [2.05, 4.69) is 12.2 Å². The molecule has 1 unspecified atom stereocenters. The van der Waals surface area contributed by atoms with Crippen molar-refractivity contribution in [1.82, 2.24) is 5.32 Å².